The molecule has 0 spiro atoms. The van der Waals surface area contributed by atoms with E-state index in [0.717, 1.165) is 24.1 Å². The fourth-order valence-electron chi connectivity index (χ4n) is 3.39. The van der Waals surface area contributed by atoms with Crippen LogP contribution in [0.15, 0.2) is 96.3 Å². The van der Waals surface area contributed by atoms with Crippen molar-refractivity contribution in [3.63, 3.8) is 0 Å². The topological polar surface area (TPSA) is 69.2 Å². The molecule has 5 nitrogen and oxygen atoms in total. The van der Waals surface area contributed by atoms with Crippen LogP contribution in [0.25, 0.3) is 0 Å². The number of ether oxygens (including phenoxy) is 1. The summed E-state index contributed by atoms with van der Waals surface area (Å²) in [6.07, 6.45) is 3.44. The lowest BCUT2D eigenvalue weighted by Crippen LogP contribution is -2.09. The summed E-state index contributed by atoms with van der Waals surface area (Å²) < 4.78 is 5.37. The van der Waals surface area contributed by atoms with E-state index in [9.17, 15) is 9.59 Å². The maximum atomic E-state index is 12.7. The predicted octanol–water partition coefficient (Wildman–Crippen LogP) is 5.82. The molecular weight excluding hydrogens is 444 g/mol. The van der Waals surface area contributed by atoms with Crippen molar-refractivity contribution in [2.45, 2.75) is 24.9 Å². The second-order valence-electron chi connectivity index (χ2n) is 7.63. The van der Waals surface area contributed by atoms with Crippen LogP contribution in [0.3, 0.4) is 0 Å². The average Bonchev–Trinajstić information content (AvgIpc) is 2.89. The molecule has 4 rings (SSSR count). The number of hydrogen-bond acceptors (Lipinski definition) is 6. The quantitative estimate of drug-likeness (QED) is 0.101. The van der Waals surface area contributed by atoms with Gasteiger partial charge in [-0.2, -0.15) is 0 Å². The molecule has 6 heteroatoms. The molecule has 3 aromatic carbocycles. The SMILES string of the molecule is CCc1cnc(SCC(=O)c2ccc(OC(=O)c3ccccc3)cc2)nc1Cc1ccccc1. The average molecular weight is 469 g/mol. The number of rotatable bonds is 9. The molecule has 34 heavy (non-hydrogen) atoms. The summed E-state index contributed by atoms with van der Waals surface area (Å²) in [5, 5.41) is 0.588. The van der Waals surface area contributed by atoms with Gasteiger partial charge < -0.3 is 4.74 Å². The molecule has 0 N–H and O–H groups in total. The van der Waals surface area contributed by atoms with Gasteiger partial charge in [-0.25, -0.2) is 14.8 Å². The number of nitrogens with zero attached hydrogens (tertiary/aromatic N) is 2. The Labute approximate surface area is 203 Å². The minimum atomic E-state index is -0.436. The summed E-state index contributed by atoms with van der Waals surface area (Å²) in [6, 6.07) is 25.6. The van der Waals surface area contributed by atoms with Crippen LogP contribution < -0.4 is 4.74 Å². The smallest absolute Gasteiger partial charge is 0.343 e. The van der Waals surface area contributed by atoms with Gasteiger partial charge in [0.25, 0.3) is 0 Å². The van der Waals surface area contributed by atoms with Crippen molar-refractivity contribution in [2.24, 2.45) is 0 Å². The highest BCUT2D eigenvalue weighted by Gasteiger charge is 2.13. The van der Waals surface area contributed by atoms with Crippen LogP contribution in [0.4, 0.5) is 0 Å². The molecule has 1 heterocycles. The molecule has 0 bridgehead atoms. The molecule has 0 saturated carbocycles. The summed E-state index contributed by atoms with van der Waals surface area (Å²) in [5.41, 5.74) is 4.31. The van der Waals surface area contributed by atoms with E-state index in [2.05, 4.69) is 24.0 Å². The van der Waals surface area contributed by atoms with Crippen LogP contribution in [0, 0.1) is 0 Å². The van der Waals surface area contributed by atoms with E-state index in [0.29, 0.717) is 22.0 Å². The third kappa shape index (κ3) is 6.17. The van der Waals surface area contributed by atoms with Crippen molar-refractivity contribution in [3.05, 3.63) is 119 Å². The van der Waals surface area contributed by atoms with Crippen LogP contribution in [0.5, 0.6) is 5.75 Å². The number of benzene rings is 3. The Balaban J connectivity index is 1.37. The van der Waals surface area contributed by atoms with Gasteiger partial charge in [0.05, 0.1) is 17.0 Å². The first-order chi connectivity index (χ1) is 16.6. The molecule has 170 valence electrons. The molecule has 0 atom stereocenters. The van der Waals surface area contributed by atoms with Gasteiger partial charge in [0.2, 0.25) is 0 Å². The molecule has 0 unspecified atom stereocenters. The predicted molar refractivity (Wildman–Crippen MR) is 134 cm³/mol. The van der Waals surface area contributed by atoms with Crippen LogP contribution in [-0.2, 0) is 12.8 Å². The third-order valence-corrected chi connectivity index (χ3v) is 6.12. The van der Waals surface area contributed by atoms with E-state index in [1.165, 1.54) is 17.3 Å². The van der Waals surface area contributed by atoms with Crippen molar-refractivity contribution in [2.75, 3.05) is 5.75 Å². The molecule has 0 aliphatic carbocycles. The van der Waals surface area contributed by atoms with Crippen LogP contribution in [0.1, 0.15) is 44.5 Å². The highest BCUT2D eigenvalue weighted by molar-refractivity contribution is 7.99. The number of ketones is 1. The molecule has 0 amide bonds. The highest BCUT2D eigenvalue weighted by atomic mass is 32.2. The molecular formula is C28H24N2O3S. The van der Waals surface area contributed by atoms with Crippen molar-refractivity contribution < 1.29 is 14.3 Å². The first-order valence-electron chi connectivity index (χ1n) is 11.0. The number of Topliss-reactive ketones (excluding diaryl/α,β-unsaturated/α-hetero) is 1. The van der Waals surface area contributed by atoms with Crippen molar-refractivity contribution >= 4 is 23.5 Å². The lowest BCUT2D eigenvalue weighted by atomic mass is 10.1. The number of carbonyl (C=O) groups excluding carboxylic acids is 2. The maximum absolute atomic E-state index is 12.7. The molecule has 0 saturated heterocycles. The number of esters is 1. The number of aromatic nitrogens is 2. The van der Waals surface area contributed by atoms with E-state index in [4.69, 9.17) is 9.72 Å². The first kappa shape index (κ1) is 23.4. The zero-order chi connectivity index (χ0) is 23.8. The summed E-state index contributed by atoms with van der Waals surface area (Å²) in [4.78, 5) is 34.0. The summed E-state index contributed by atoms with van der Waals surface area (Å²) >= 11 is 1.32. The second-order valence-corrected chi connectivity index (χ2v) is 8.57. The Morgan fingerprint density at radius 1 is 0.853 bits per heavy atom. The zero-order valence-electron chi connectivity index (χ0n) is 18.8. The number of aryl methyl sites for hydroxylation is 1. The monoisotopic (exact) mass is 468 g/mol. The largest absolute Gasteiger partial charge is 0.423 e. The molecule has 0 aliphatic rings. The summed E-state index contributed by atoms with van der Waals surface area (Å²) in [6.45, 7) is 2.09. The lowest BCUT2D eigenvalue weighted by Gasteiger charge is -2.09. The highest BCUT2D eigenvalue weighted by Crippen LogP contribution is 2.21. The second kappa shape index (κ2) is 11.4. The van der Waals surface area contributed by atoms with Gasteiger partial charge in [-0.05, 0) is 53.9 Å². The van der Waals surface area contributed by atoms with Gasteiger partial charge in [-0.15, -0.1) is 0 Å². The fourth-order valence-corrected chi connectivity index (χ4v) is 4.12. The Kier molecular flexibility index (Phi) is 7.83. The van der Waals surface area contributed by atoms with E-state index < -0.39 is 5.97 Å². The van der Waals surface area contributed by atoms with Gasteiger partial charge in [0.1, 0.15) is 5.75 Å². The Bertz CT molecular complexity index is 1260. The van der Waals surface area contributed by atoms with Gasteiger partial charge in [-0.1, -0.05) is 67.2 Å². The van der Waals surface area contributed by atoms with E-state index in [1.54, 1.807) is 48.5 Å². The normalized spacial score (nSPS) is 10.6. The van der Waals surface area contributed by atoms with Gasteiger partial charge >= 0.3 is 5.97 Å². The molecule has 0 fully saturated rings. The standard InChI is InChI=1S/C28H24N2O3S/c1-2-21-18-29-28(30-25(21)17-20-9-5-3-6-10-20)34-19-26(31)22-13-15-24(16-14-22)33-27(32)23-11-7-4-8-12-23/h3-16,18H,2,17,19H2,1H3. The van der Waals surface area contributed by atoms with E-state index >= 15 is 0 Å². The molecule has 1 aromatic heterocycles. The van der Waals surface area contributed by atoms with Crippen molar-refractivity contribution in [1.29, 1.82) is 0 Å². The molecule has 4 aromatic rings. The van der Waals surface area contributed by atoms with E-state index in [1.807, 2.05) is 30.5 Å². The first-order valence-corrected chi connectivity index (χ1v) is 12.0. The molecule has 0 radical (unpaired) electrons. The van der Waals surface area contributed by atoms with Crippen LogP contribution >= 0.6 is 11.8 Å². The Morgan fingerprint density at radius 3 is 2.21 bits per heavy atom. The number of carbonyl (C=O) groups is 2. The summed E-state index contributed by atoms with van der Waals surface area (Å²) in [7, 11) is 0. The minimum Gasteiger partial charge on any atom is -0.423 e. The maximum Gasteiger partial charge on any atom is 0.343 e. The summed E-state index contributed by atoms with van der Waals surface area (Å²) in [5.74, 6) is 0.134. The van der Waals surface area contributed by atoms with Crippen LogP contribution in [-0.4, -0.2) is 27.5 Å². The van der Waals surface area contributed by atoms with Crippen molar-refractivity contribution in [3.8, 4) is 5.75 Å². The Hall–Kier alpha value is -3.77. The fraction of sp³-hybridized carbons (Fsp3) is 0.143. The zero-order valence-corrected chi connectivity index (χ0v) is 19.6. The minimum absolute atomic E-state index is 0.0429. The van der Waals surface area contributed by atoms with Gasteiger partial charge in [-0.3, -0.25) is 4.79 Å². The van der Waals surface area contributed by atoms with E-state index in [-0.39, 0.29) is 11.5 Å². The van der Waals surface area contributed by atoms with Gasteiger partial charge in [0, 0.05) is 18.2 Å². The molecule has 0 aliphatic heterocycles. The Morgan fingerprint density at radius 2 is 1.53 bits per heavy atom. The number of hydrogen-bond donors (Lipinski definition) is 0. The van der Waals surface area contributed by atoms with Gasteiger partial charge in [0.15, 0.2) is 10.9 Å². The van der Waals surface area contributed by atoms with Crippen LogP contribution in [0.2, 0.25) is 0 Å². The third-order valence-electron chi connectivity index (χ3n) is 5.26. The number of thioether (sulfide) groups is 1. The lowest BCUT2D eigenvalue weighted by molar-refractivity contribution is 0.0734. The van der Waals surface area contributed by atoms with Crippen molar-refractivity contribution in [1.82, 2.24) is 9.97 Å².